The highest BCUT2D eigenvalue weighted by Gasteiger charge is 2.24. The van der Waals surface area contributed by atoms with Crippen molar-refractivity contribution in [2.24, 2.45) is 0 Å². The summed E-state index contributed by atoms with van der Waals surface area (Å²) in [7, 11) is 1.05. The first kappa shape index (κ1) is 14.7. The number of hydrogen-bond donors (Lipinski definition) is 2. The lowest BCUT2D eigenvalue weighted by Crippen LogP contribution is -2.56. The third kappa shape index (κ3) is 4.17. The molecule has 1 aliphatic rings. The van der Waals surface area contributed by atoms with Gasteiger partial charge in [0.2, 0.25) is 0 Å². The monoisotopic (exact) mass is 295 g/mol. The number of alkyl carbamates (subject to hydrolysis) is 1. The molecular formula is C12H21N5O2Si. The highest BCUT2D eigenvalue weighted by molar-refractivity contribution is 6.08. The quantitative estimate of drug-likeness (QED) is 0.662. The van der Waals surface area contributed by atoms with Gasteiger partial charge in [-0.05, 0) is 18.2 Å². The van der Waals surface area contributed by atoms with E-state index in [0.717, 1.165) is 41.7 Å². The Morgan fingerprint density at radius 2 is 2.55 bits per heavy atom. The van der Waals surface area contributed by atoms with Crippen molar-refractivity contribution in [3.63, 3.8) is 0 Å². The van der Waals surface area contributed by atoms with Crippen molar-refractivity contribution in [3.05, 3.63) is 18.3 Å². The number of nitrogens with zero attached hydrogens (tertiary/aromatic N) is 3. The van der Waals surface area contributed by atoms with Gasteiger partial charge in [-0.3, -0.25) is 0 Å². The second kappa shape index (κ2) is 7.80. The van der Waals surface area contributed by atoms with E-state index in [1.54, 1.807) is 6.20 Å². The molecular weight excluding hydrogens is 274 g/mol. The van der Waals surface area contributed by atoms with Crippen LogP contribution in [0.15, 0.2) is 18.3 Å². The zero-order chi connectivity index (χ0) is 14.2. The molecule has 0 saturated carbocycles. The lowest BCUT2D eigenvalue weighted by molar-refractivity contribution is 0.151. The number of nitrogens with one attached hydrogen (secondary N) is 2. The molecule has 1 amide bonds. The molecule has 110 valence electrons. The van der Waals surface area contributed by atoms with Crippen LogP contribution in [0.2, 0.25) is 6.04 Å². The number of anilines is 1. The van der Waals surface area contributed by atoms with Crippen LogP contribution >= 0.6 is 0 Å². The van der Waals surface area contributed by atoms with E-state index in [2.05, 4.69) is 25.7 Å². The average Bonchev–Trinajstić information content (AvgIpc) is 2.52. The average molecular weight is 295 g/mol. The van der Waals surface area contributed by atoms with Crippen LogP contribution in [0, 0.1) is 0 Å². The van der Waals surface area contributed by atoms with Gasteiger partial charge in [0.1, 0.15) is 0 Å². The molecule has 1 atom stereocenters. The maximum Gasteiger partial charge on any atom is 0.407 e. The molecule has 2 N–H and O–H groups in total. The molecule has 1 aromatic rings. The molecule has 1 aliphatic heterocycles. The standard InChI is InChI=1S/C12H21N5O2Si/c18-12(19-6-7-20)14-9-10-8-13-4-5-17(10)11-2-1-3-15-16-11/h1-3,10,13H,4-9H2,20H3,(H,14,18)/t10-/m0/s1. The second-order valence-electron chi connectivity index (χ2n) is 4.65. The van der Waals surface area contributed by atoms with Crippen molar-refractivity contribution < 1.29 is 9.53 Å². The predicted octanol–water partition coefficient (Wildman–Crippen LogP) is -1.24. The smallest absolute Gasteiger partial charge is 0.407 e. The number of aromatic nitrogens is 2. The topological polar surface area (TPSA) is 79.4 Å². The van der Waals surface area contributed by atoms with Crippen LogP contribution in [0.3, 0.4) is 0 Å². The fraction of sp³-hybridized carbons (Fsp3) is 0.583. The fourth-order valence-corrected chi connectivity index (χ4v) is 2.34. The van der Waals surface area contributed by atoms with Crippen molar-refractivity contribution in [2.45, 2.75) is 12.1 Å². The van der Waals surface area contributed by atoms with E-state index in [0.29, 0.717) is 13.2 Å². The van der Waals surface area contributed by atoms with Crippen LogP contribution in [0.25, 0.3) is 0 Å². The Morgan fingerprint density at radius 3 is 3.30 bits per heavy atom. The van der Waals surface area contributed by atoms with Gasteiger partial charge in [0.25, 0.3) is 0 Å². The summed E-state index contributed by atoms with van der Waals surface area (Å²) < 4.78 is 5.04. The van der Waals surface area contributed by atoms with E-state index in [-0.39, 0.29) is 12.1 Å². The Hall–Kier alpha value is -1.67. The van der Waals surface area contributed by atoms with Gasteiger partial charge in [-0.1, -0.05) is 0 Å². The zero-order valence-electron chi connectivity index (χ0n) is 11.7. The largest absolute Gasteiger partial charge is 0.450 e. The first-order chi connectivity index (χ1) is 9.81. The number of piperazine rings is 1. The molecule has 20 heavy (non-hydrogen) atoms. The van der Waals surface area contributed by atoms with E-state index in [1.807, 2.05) is 12.1 Å². The van der Waals surface area contributed by atoms with Gasteiger partial charge in [-0.15, -0.1) is 5.10 Å². The summed E-state index contributed by atoms with van der Waals surface area (Å²) in [4.78, 5) is 13.7. The summed E-state index contributed by atoms with van der Waals surface area (Å²) in [5.74, 6) is 0.841. The minimum Gasteiger partial charge on any atom is -0.450 e. The van der Waals surface area contributed by atoms with E-state index >= 15 is 0 Å². The second-order valence-corrected chi connectivity index (χ2v) is 5.65. The van der Waals surface area contributed by atoms with Crippen LogP contribution in [-0.4, -0.2) is 65.4 Å². The minimum absolute atomic E-state index is 0.156. The van der Waals surface area contributed by atoms with E-state index in [1.165, 1.54) is 0 Å². The number of carbonyl (C=O) groups is 1. The Kier molecular flexibility index (Phi) is 5.75. The SMILES string of the molecule is O=C(NC[C@@H]1CNCCN1c1cccnn1)OCC[SiH3]. The Labute approximate surface area is 121 Å². The van der Waals surface area contributed by atoms with Crippen LogP contribution < -0.4 is 15.5 Å². The number of amides is 1. The van der Waals surface area contributed by atoms with Crippen LogP contribution in [-0.2, 0) is 4.74 Å². The summed E-state index contributed by atoms with van der Waals surface area (Å²) >= 11 is 0. The number of ether oxygens (including phenoxy) is 1. The highest BCUT2D eigenvalue weighted by atomic mass is 28.1. The lowest BCUT2D eigenvalue weighted by Gasteiger charge is -2.36. The molecule has 1 aromatic heterocycles. The molecule has 7 nitrogen and oxygen atoms in total. The molecule has 1 saturated heterocycles. The Balaban J connectivity index is 1.89. The summed E-state index contributed by atoms with van der Waals surface area (Å²) in [6.45, 7) is 3.59. The Bertz CT molecular complexity index is 420. The molecule has 1 fully saturated rings. The van der Waals surface area contributed by atoms with Crippen molar-refractivity contribution >= 4 is 22.2 Å². The first-order valence-corrected chi connectivity index (χ1v) is 8.38. The minimum atomic E-state index is -0.342. The molecule has 0 radical (unpaired) electrons. The first-order valence-electron chi connectivity index (χ1n) is 6.97. The number of rotatable bonds is 5. The van der Waals surface area contributed by atoms with Crippen LogP contribution in [0.5, 0.6) is 0 Å². The summed E-state index contributed by atoms with van der Waals surface area (Å²) in [6.07, 6.45) is 1.32. The van der Waals surface area contributed by atoms with Crippen molar-refractivity contribution in [1.29, 1.82) is 0 Å². The molecule has 0 unspecified atom stereocenters. The number of hydrogen-bond acceptors (Lipinski definition) is 6. The number of carbonyl (C=O) groups excluding carboxylic acids is 1. The van der Waals surface area contributed by atoms with Crippen molar-refractivity contribution in [1.82, 2.24) is 20.8 Å². The van der Waals surface area contributed by atoms with Gasteiger partial charge in [-0.25, -0.2) is 4.79 Å². The fourth-order valence-electron chi connectivity index (χ4n) is 2.14. The Morgan fingerprint density at radius 1 is 1.65 bits per heavy atom. The molecule has 0 spiro atoms. The maximum atomic E-state index is 11.5. The van der Waals surface area contributed by atoms with Gasteiger partial charge < -0.3 is 20.3 Å². The van der Waals surface area contributed by atoms with Crippen LogP contribution in [0.4, 0.5) is 10.6 Å². The molecule has 0 aromatic carbocycles. The van der Waals surface area contributed by atoms with Gasteiger partial charge in [0.05, 0.1) is 12.6 Å². The molecule has 0 bridgehead atoms. The van der Waals surface area contributed by atoms with Gasteiger partial charge in [-0.2, -0.15) is 5.10 Å². The molecule has 2 heterocycles. The van der Waals surface area contributed by atoms with E-state index in [4.69, 9.17) is 4.74 Å². The summed E-state index contributed by atoms with van der Waals surface area (Å²) in [6, 6.07) is 4.92. The third-order valence-electron chi connectivity index (χ3n) is 3.12. The van der Waals surface area contributed by atoms with Gasteiger partial charge in [0.15, 0.2) is 5.82 Å². The highest BCUT2D eigenvalue weighted by Crippen LogP contribution is 2.13. The van der Waals surface area contributed by atoms with Gasteiger partial charge in [0, 0.05) is 42.6 Å². The van der Waals surface area contributed by atoms with E-state index < -0.39 is 0 Å². The summed E-state index contributed by atoms with van der Waals surface area (Å²) in [5.41, 5.74) is 0. The van der Waals surface area contributed by atoms with Crippen molar-refractivity contribution in [2.75, 3.05) is 37.7 Å². The molecule has 2 rings (SSSR count). The van der Waals surface area contributed by atoms with E-state index in [9.17, 15) is 4.79 Å². The third-order valence-corrected chi connectivity index (χ3v) is 3.53. The zero-order valence-corrected chi connectivity index (χ0v) is 13.7. The predicted molar refractivity (Wildman–Crippen MR) is 80.1 cm³/mol. The lowest BCUT2D eigenvalue weighted by atomic mass is 10.2. The van der Waals surface area contributed by atoms with Gasteiger partial charge >= 0.3 is 6.09 Å². The molecule has 8 heteroatoms. The molecule has 0 aliphatic carbocycles. The maximum absolute atomic E-state index is 11.5. The normalized spacial score (nSPS) is 18.8. The summed E-state index contributed by atoms with van der Waals surface area (Å²) in [5, 5.41) is 14.2. The van der Waals surface area contributed by atoms with Crippen molar-refractivity contribution in [3.8, 4) is 0 Å². The van der Waals surface area contributed by atoms with Crippen LogP contribution in [0.1, 0.15) is 0 Å².